The monoisotopic (exact) mass is 711 g/mol. The smallest absolute Gasteiger partial charge is 0.135 e. The van der Waals surface area contributed by atoms with E-state index in [-0.39, 0.29) is 16.5 Å². The van der Waals surface area contributed by atoms with Crippen LogP contribution in [-0.4, -0.2) is 11.4 Å². The Morgan fingerprint density at radius 1 is 0.449 bits per heavy atom. The summed E-state index contributed by atoms with van der Waals surface area (Å²) in [4.78, 5) is 10.7. The first-order valence-electron chi connectivity index (χ1n) is 20.5. The summed E-state index contributed by atoms with van der Waals surface area (Å²) in [5.74, 6) is 7.15. The van der Waals surface area contributed by atoms with Crippen LogP contribution in [0.3, 0.4) is 0 Å². The largest absolute Gasteiger partial charge is 0.250 e. The number of hydrogen-bond donors (Lipinski definition) is 0. The van der Waals surface area contributed by atoms with E-state index in [4.69, 9.17) is 9.98 Å². The minimum absolute atomic E-state index is 0. The second-order valence-corrected chi connectivity index (χ2v) is 14.1. The molecule has 0 saturated heterocycles. The molecule has 2 aromatic carbocycles. The van der Waals surface area contributed by atoms with E-state index in [2.05, 4.69) is 89.8 Å². The Hall–Kier alpha value is -2.17. The summed E-state index contributed by atoms with van der Waals surface area (Å²) in [7, 11) is 0. The molecule has 49 heavy (non-hydrogen) atoms. The van der Waals surface area contributed by atoms with Crippen molar-refractivity contribution in [3.63, 3.8) is 0 Å². The molecule has 0 atom stereocenters. The second-order valence-electron chi connectivity index (χ2n) is 14.1. The quantitative estimate of drug-likeness (QED) is 0.0402. The molecule has 0 spiro atoms. The molecule has 2 aromatic rings. The molecule has 0 bridgehead atoms. The van der Waals surface area contributed by atoms with E-state index in [1.807, 2.05) is 0 Å². The summed E-state index contributed by atoms with van der Waals surface area (Å²) >= 11 is 0. The predicted octanol–water partition coefficient (Wildman–Crippen LogP) is 14.6. The SMILES string of the molecule is CCCCCCCCCCCCCCC#CC(=N\c1cc(CCC)cc(CCC)c1)/C(CCCC)=N/c1cc(CCC)cc(CCC)c1.[Ni]. The Morgan fingerprint density at radius 3 is 1.24 bits per heavy atom. The number of aliphatic imine (C=N–C) groups is 2. The number of rotatable bonds is 26. The molecule has 2 nitrogen and oxygen atoms in total. The molecule has 0 radical (unpaired) electrons. The Balaban J connectivity index is 0.0000120. The van der Waals surface area contributed by atoms with Crippen molar-refractivity contribution in [1.82, 2.24) is 0 Å². The molecule has 0 saturated carbocycles. The van der Waals surface area contributed by atoms with Gasteiger partial charge in [-0.25, -0.2) is 4.99 Å². The van der Waals surface area contributed by atoms with Gasteiger partial charge in [-0.15, -0.1) is 0 Å². The molecular weight excluding hydrogens is 639 g/mol. The van der Waals surface area contributed by atoms with Gasteiger partial charge in [-0.1, -0.05) is 162 Å². The van der Waals surface area contributed by atoms with Gasteiger partial charge < -0.3 is 0 Å². The molecule has 0 heterocycles. The molecule has 0 amide bonds. The third-order valence-corrected chi connectivity index (χ3v) is 9.14. The summed E-state index contributed by atoms with van der Waals surface area (Å²) in [6.07, 6.45) is 29.4. The van der Waals surface area contributed by atoms with Gasteiger partial charge in [0, 0.05) is 22.9 Å². The second kappa shape index (κ2) is 29.6. The molecule has 0 unspecified atom stereocenters. The van der Waals surface area contributed by atoms with Crippen LogP contribution in [0.5, 0.6) is 0 Å². The fourth-order valence-corrected chi connectivity index (χ4v) is 6.57. The van der Waals surface area contributed by atoms with Crippen molar-refractivity contribution in [2.75, 3.05) is 0 Å². The number of unbranched alkanes of at least 4 members (excludes halogenated alkanes) is 13. The third-order valence-electron chi connectivity index (χ3n) is 9.14. The number of nitrogens with zero attached hydrogens (tertiary/aromatic N) is 2. The van der Waals surface area contributed by atoms with Gasteiger partial charge in [-0.2, -0.15) is 0 Å². The molecule has 276 valence electrons. The summed E-state index contributed by atoms with van der Waals surface area (Å²) in [6.45, 7) is 13.6. The first-order chi connectivity index (χ1) is 23.6. The van der Waals surface area contributed by atoms with Gasteiger partial charge in [0.05, 0.1) is 17.1 Å². The summed E-state index contributed by atoms with van der Waals surface area (Å²) in [6, 6.07) is 13.9. The van der Waals surface area contributed by atoms with E-state index >= 15 is 0 Å². The first kappa shape index (κ1) is 44.9. The van der Waals surface area contributed by atoms with Crippen molar-refractivity contribution in [3.05, 3.63) is 58.7 Å². The molecule has 3 heteroatoms. The average Bonchev–Trinajstić information content (AvgIpc) is 3.07. The van der Waals surface area contributed by atoms with E-state index < -0.39 is 0 Å². The Bertz CT molecular complexity index is 1210. The molecule has 0 aliphatic heterocycles. The maximum Gasteiger partial charge on any atom is 0.135 e. The normalized spacial score (nSPS) is 11.7. The fraction of sp³-hybridized carbons (Fsp3) is 0.652. The van der Waals surface area contributed by atoms with E-state index in [1.54, 1.807) is 0 Å². The molecule has 2 rings (SSSR count). The topological polar surface area (TPSA) is 24.7 Å². The van der Waals surface area contributed by atoms with Crippen molar-refractivity contribution >= 4 is 22.8 Å². The fourth-order valence-electron chi connectivity index (χ4n) is 6.57. The van der Waals surface area contributed by atoms with Crippen LogP contribution in [0.25, 0.3) is 0 Å². The van der Waals surface area contributed by atoms with E-state index in [9.17, 15) is 0 Å². The molecule has 0 N–H and O–H groups in total. The number of hydrogen-bond acceptors (Lipinski definition) is 2. The molecule has 0 aromatic heterocycles. The number of aryl methyl sites for hydroxylation is 4. The van der Waals surface area contributed by atoms with Crippen LogP contribution in [0.15, 0.2) is 46.4 Å². The molecule has 0 aliphatic carbocycles. The van der Waals surface area contributed by atoms with Crippen LogP contribution in [0.4, 0.5) is 11.4 Å². The summed E-state index contributed by atoms with van der Waals surface area (Å²) < 4.78 is 0. The zero-order chi connectivity index (χ0) is 34.7. The van der Waals surface area contributed by atoms with Gasteiger partial charge in [0.2, 0.25) is 0 Å². The average molecular weight is 712 g/mol. The Kier molecular flexibility index (Phi) is 27.1. The zero-order valence-electron chi connectivity index (χ0n) is 32.6. The Morgan fingerprint density at radius 2 is 0.837 bits per heavy atom. The van der Waals surface area contributed by atoms with E-state index in [0.717, 1.165) is 99.8 Å². The van der Waals surface area contributed by atoms with Gasteiger partial charge in [0.1, 0.15) is 5.71 Å². The maximum atomic E-state index is 5.36. The van der Waals surface area contributed by atoms with Crippen molar-refractivity contribution in [2.45, 2.75) is 196 Å². The van der Waals surface area contributed by atoms with Crippen LogP contribution in [0, 0.1) is 11.8 Å². The van der Waals surface area contributed by atoms with Gasteiger partial charge in [-0.3, -0.25) is 4.99 Å². The van der Waals surface area contributed by atoms with E-state index in [0.29, 0.717) is 0 Å². The summed E-state index contributed by atoms with van der Waals surface area (Å²) in [5, 5.41) is 0. The zero-order valence-corrected chi connectivity index (χ0v) is 33.6. The predicted molar refractivity (Wildman–Crippen MR) is 216 cm³/mol. The molecular formula is C46H72N2Ni. The summed E-state index contributed by atoms with van der Waals surface area (Å²) in [5.41, 5.74) is 9.58. The van der Waals surface area contributed by atoms with Crippen LogP contribution < -0.4 is 0 Å². The van der Waals surface area contributed by atoms with Gasteiger partial charge in [0.25, 0.3) is 0 Å². The molecule has 0 fully saturated rings. The standard InChI is InChI=1S/C46H72N2.Ni/c1-7-13-15-16-17-18-19-20-21-22-23-24-25-26-32-46(48-44-37-41(29-11-5)34-42(38-44)30-12-6)45(31-14-8-2)47-43-35-39(27-9-3)33-40(36-43)28-10-4;/h33-38H,7-25,27-31H2,1-6H3;/b47-45+,48-46+;. The third kappa shape index (κ3) is 20.3. The maximum absolute atomic E-state index is 5.36. The van der Waals surface area contributed by atoms with Crippen molar-refractivity contribution in [1.29, 1.82) is 0 Å². The van der Waals surface area contributed by atoms with Gasteiger partial charge in [0.15, 0.2) is 0 Å². The van der Waals surface area contributed by atoms with Gasteiger partial charge in [-0.05, 0) is 97.4 Å². The van der Waals surface area contributed by atoms with Crippen LogP contribution in [0.2, 0.25) is 0 Å². The van der Waals surface area contributed by atoms with Gasteiger partial charge >= 0.3 is 0 Å². The van der Waals surface area contributed by atoms with Crippen LogP contribution >= 0.6 is 0 Å². The first-order valence-corrected chi connectivity index (χ1v) is 20.5. The minimum atomic E-state index is 0. The van der Waals surface area contributed by atoms with Crippen LogP contribution in [0.1, 0.15) is 192 Å². The molecule has 0 aliphatic rings. The number of benzene rings is 2. The van der Waals surface area contributed by atoms with E-state index in [1.165, 1.54) is 99.3 Å². The van der Waals surface area contributed by atoms with Crippen molar-refractivity contribution in [2.24, 2.45) is 9.98 Å². The minimum Gasteiger partial charge on any atom is -0.250 e. The van der Waals surface area contributed by atoms with Crippen LogP contribution in [-0.2, 0) is 42.2 Å². The Labute approximate surface area is 314 Å². The van der Waals surface area contributed by atoms with Crippen molar-refractivity contribution in [3.8, 4) is 11.8 Å². The van der Waals surface area contributed by atoms with Crippen molar-refractivity contribution < 1.29 is 16.5 Å².